The molecule has 0 saturated carbocycles. The van der Waals surface area contributed by atoms with Gasteiger partial charge in [0.2, 0.25) is 0 Å². The first-order valence-electron chi connectivity index (χ1n) is 3.34. The highest BCUT2D eigenvalue weighted by Gasteiger charge is 2.18. The Morgan fingerprint density at radius 1 is 1.77 bits per heavy atom. The van der Waals surface area contributed by atoms with Gasteiger partial charge in [-0.05, 0) is 0 Å². The summed E-state index contributed by atoms with van der Waals surface area (Å²) in [6, 6.07) is -0.844. The standard InChI is InChI=1S/C6H10N4O2.ClH/c1-10-3-4(8-9-10)5(7)6(11)12-2;/h3,5H,7H2,1-2H3;1H. The number of esters is 1. The number of carbonyl (C=O) groups is 1. The normalized spacial score (nSPS) is 11.6. The first-order valence-corrected chi connectivity index (χ1v) is 3.34. The van der Waals surface area contributed by atoms with Gasteiger partial charge in [0.25, 0.3) is 0 Å². The van der Waals surface area contributed by atoms with Crippen molar-refractivity contribution < 1.29 is 9.53 Å². The number of nitrogens with two attached hydrogens (primary N) is 1. The molecule has 1 rings (SSSR count). The minimum Gasteiger partial charge on any atom is -0.468 e. The predicted octanol–water partition coefficient (Wildman–Crippen LogP) is -0.590. The van der Waals surface area contributed by atoms with Crippen LogP contribution in [0.4, 0.5) is 0 Å². The fraction of sp³-hybridized carbons (Fsp3) is 0.500. The summed E-state index contributed by atoms with van der Waals surface area (Å²) >= 11 is 0. The van der Waals surface area contributed by atoms with E-state index in [1.807, 2.05) is 0 Å². The first-order chi connectivity index (χ1) is 5.65. The fourth-order valence-electron chi connectivity index (χ4n) is 0.755. The summed E-state index contributed by atoms with van der Waals surface area (Å²) in [6.45, 7) is 0. The Hall–Kier alpha value is -1.14. The summed E-state index contributed by atoms with van der Waals surface area (Å²) in [6.07, 6.45) is 1.57. The van der Waals surface area contributed by atoms with E-state index in [0.29, 0.717) is 5.69 Å². The Bertz CT molecular complexity index is 288. The third-order valence-corrected chi connectivity index (χ3v) is 1.39. The van der Waals surface area contributed by atoms with Gasteiger partial charge in [0, 0.05) is 7.05 Å². The minimum absolute atomic E-state index is 0. The van der Waals surface area contributed by atoms with Crippen molar-refractivity contribution in [2.24, 2.45) is 12.8 Å². The van der Waals surface area contributed by atoms with Crippen molar-refractivity contribution in [1.29, 1.82) is 0 Å². The second-order valence-corrected chi connectivity index (χ2v) is 2.32. The van der Waals surface area contributed by atoms with E-state index in [1.165, 1.54) is 11.8 Å². The summed E-state index contributed by atoms with van der Waals surface area (Å²) in [4.78, 5) is 10.9. The molecule has 0 aliphatic heterocycles. The van der Waals surface area contributed by atoms with Crippen molar-refractivity contribution in [2.75, 3.05) is 7.11 Å². The van der Waals surface area contributed by atoms with Crippen molar-refractivity contribution in [3.05, 3.63) is 11.9 Å². The molecule has 0 aliphatic rings. The Labute approximate surface area is 81.5 Å². The molecule has 1 aromatic rings. The van der Waals surface area contributed by atoms with Crippen molar-refractivity contribution >= 4 is 18.4 Å². The van der Waals surface area contributed by atoms with Gasteiger partial charge < -0.3 is 10.5 Å². The average molecular weight is 207 g/mol. The molecule has 1 heterocycles. The van der Waals surface area contributed by atoms with E-state index in [1.54, 1.807) is 13.2 Å². The molecule has 0 spiro atoms. The van der Waals surface area contributed by atoms with Crippen molar-refractivity contribution in [1.82, 2.24) is 15.0 Å². The van der Waals surface area contributed by atoms with Crippen LogP contribution in [0.15, 0.2) is 6.20 Å². The van der Waals surface area contributed by atoms with Crippen LogP contribution in [0.5, 0.6) is 0 Å². The van der Waals surface area contributed by atoms with Gasteiger partial charge in [0.1, 0.15) is 11.7 Å². The van der Waals surface area contributed by atoms with Gasteiger partial charge in [-0.15, -0.1) is 17.5 Å². The lowest BCUT2D eigenvalue weighted by atomic mass is 10.2. The van der Waals surface area contributed by atoms with Crippen LogP contribution < -0.4 is 5.73 Å². The van der Waals surface area contributed by atoms with E-state index in [4.69, 9.17) is 5.73 Å². The van der Waals surface area contributed by atoms with Crippen LogP contribution in [-0.2, 0) is 16.6 Å². The van der Waals surface area contributed by atoms with E-state index in [0.717, 1.165) is 0 Å². The van der Waals surface area contributed by atoms with Gasteiger partial charge in [0.15, 0.2) is 0 Å². The van der Waals surface area contributed by atoms with Crippen molar-refractivity contribution in [3.8, 4) is 0 Å². The Morgan fingerprint density at radius 2 is 2.38 bits per heavy atom. The summed E-state index contributed by atoms with van der Waals surface area (Å²) in [5.41, 5.74) is 5.88. The Morgan fingerprint density at radius 3 is 2.77 bits per heavy atom. The zero-order valence-corrected chi connectivity index (χ0v) is 8.11. The zero-order chi connectivity index (χ0) is 9.14. The molecule has 0 aliphatic carbocycles. The van der Waals surface area contributed by atoms with E-state index >= 15 is 0 Å². The number of ether oxygens (including phenoxy) is 1. The number of hydrogen-bond donors (Lipinski definition) is 1. The molecule has 74 valence electrons. The molecule has 2 N–H and O–H groups in total. The highest BCUT2D eigenvalue weighted by atomic mass is 35.5. The van der Waals surface area contributed by atoms with Crippen LogP contribution >= 0.6 is 12.4 Å². The zero-order valence-electron chi connectivity index (χ0n) is 7.30. The number of rotatable bonds is 2. The monoisotopic (exact) mass is 206 g/mol. The number of methoxy groups -OCH3 is 1. The third-order valence-electron chi connectivity index (χ3n) is 1.39. The van der Waals surface area contributed by atoms with Crippen LogP contribution in [0, 0.1) is 0 Å². The third kappa shape index (κ3) is 2.67. The summed E-state index contributed by atoms with van der Waals surface area (Å²) in [5.74, 6) is -0.518. The molecule has 1 aromatic heterocycles. The molecule has 6 nitrogen and oxygen atoms in total. The molecule has 1 unspecified atom stereocenters. The van der Waals surface area contributed by atoms with Gasteiger partial charge >= 0.3 is 5.97 Å². The maximum absolute atomic E-state index is 10.9. The number of halogens is 1. The largest absolute Gasteiger partial charge is 0.468 e. The van der Waals surface area contributed by atoms with Crippen LogP contribution in [0.3, 0.4) is 0 Å². The first kappa shape index (κ1) is 11.9. The molecule has 1 atom stereocenters. The van der Waals surface area contributed by atoms with E-state index in [2.05, 4.69) is 15.0 Å². The quantitative estimate of drug-likeness (QED) is 0.654. The lowest BCUT2D eigenvalue weighted by Gasteiger charge is -2.03. The van der Waals surface area contributed by atoms with Gasteiger partial charge in [0.05, 0.1) is 13.3 Å². The van der Waals surface area contributed by atoms with Crippen LogP contribution in [0.1, 0.15) is 11.7 Å². The van der Waals surface area contributed by atoms with E-state index in [9.17, 15) is 4.79 Å². The minimum atomic E-state index is -0.844. The summed E-state index contributed by atoms with van der Waals surface area (Å²) < 4.78 is 5.91. The number of aromatic nitrogens is 3. The van der Waals surface area contributed by atoms with Crippen LogP contribution in [-0.4, -0.2) is 28.1 Å². The second-order valence-electron chi connectivity index (χ2n) is 2.32. The lowest BCUT2D eigenvalue weighted by molar-refractivity contribution is -0.142. The van der Waals surface area contributed by atoms with Crippen molar-refractivity contribution in [3.63, 3.8) is 0 Å². The van der Waals surface area contributed by atoms with Gasteiger partial charge in [-0.3, -0.25) is 4.68 Å². The Kier molecular flexibility index (Phi) is 4.36. The van der Waals surface area contributed by atoms with Crippen molar-refractivity contribution in [2.45, 2.75) is 6.04 Å². The summed E-state index contributed by atoms with van der Waals surface area (Å²) in [7, 11) is 2.97. The predicted molar refractivity (Wildman–Crippen MR) is 47.2 cm³/mol. The van der Waals surface area contributed by atoms with Gasteiger partial charge in [-0.2, -0.15) is 0 Å². The Balaban J connectivity index is 0.00000144. The van der Waals surface area contributed by atoms with Gasteiger partial charge in [-0.25, -0.2) is 4.79 Å². The molecule has 0 bridgehead atoms. The van der Waals surface area contributed by atoms with E-state index in [-0.39, 0.29) is 12.4 Å². The molecule has 0 radical (unpaired) electrons. The maximum atomic E-state index is 10.9. The SMILES string of the molecule is COC(=O)C(N)c1cn(C)nn1.Cl. The smallest absolute Gasteiger partial charge is 0.329 e. The fourth-order valence-corrected chi connectivity index (χ4v) is 0.755. The summed E-state index contributed by atoms with van der Waals surface area (Å²) in [5, 5.41) is 7.31. The van der Waals surface area contributed by atoms with Crippen LogP contribution in [0.2, 0.25) is 0 Å². The molecule has 0 aromatic carbocycles. The number of hydrogen-bond acceptors (Lipinski definition) is 5. The number of carbonyl (C=O) groups excluding carboxylic acids is 1. The lowest BCUT2D eigenvalue weighted by Crippen LogP contribution is -2.22. The molecule has 13 heavy (non-hydrogen) atoms. The number of nitrogens with zero attached hydrogens (tertiary/aromatic N) is 3. The number of aryl methyl sites for hydroxylation is 1. The highest BCUT2D eigenvalue weighted by Crippen LogP contribution is 2.05. The second kappa shape index (κ2) is 4.78. The topological polar surface area (TPSA) is 83.0 Å². The highest BCUT2D eigenvalue weighted by molar-refractivity contribution is 5.85. The molecule has 0 fully saturated rings. The molecule has 7 heteroatoms. The molecular formula is C6H11ClN4O2. The average Bonchev–Trinajstić information content (AvgIpc) is 2.49. The van der Waals surface area contributed by atoms with E-state index < -0.39 is 12.0 Å². The van der Waals surface area contributed by atoms with Crippen LogP contribution in [0.25, 0.3) is 0 Å². The molecular weight excluding hydrogens is 196 g/mol. The maximum Gasteiger partial charge on any atom is 0.329 e. The molecule has 0 amide bonds. The molecule has 0 saturated heterocycles. The van der Waals surface area contributed by atoms with Gasteiger partial charge in [-0.1, -0.05) is 5.21 Å².